The minimum Gasteiger partial charge on any atom is -0.489 e. The van der Waals surface area contributed by atoms with Crippen LogP contribution in [0.15, 0.2) is 54.6 Å². The van der Waals surface area contributed by atoms with E-state index in [1.165, 1.54) is 6.08 Å². The van der Waals surface area contributed by atoms with Crippen LogP contribution in [0.5, 0.6) is 5.75 Å². The van der Waals surface area contributed by atoms with E-state index in [2.05, 4.69) is 0 Å². The maximum absolute atomic E-state index is 10.9. The molecule has 0 spiro atoms. The quantitative estimate of drug-likeness (QED) is 0.653. The molecule has 0 radical (unpaired) electrons. The number of carboxylic acid groups (broad SMARTS) is 1. The van der Waals surface area contributed by atoms with Gasteiger partial charge in [-0.1, -0.05) is 41.9 Å². The molecule has 1 N–H and O–H groups in total. The van der Waals surface area contributed by atoms with E-state index in [0.717, 1.165) is 11.6 Å². The van der Waals surface area contributed by atoms with E-state index in [4.69, 9.17) is 21.4 Å². The first-order chi connectivity index (χ1) is 10.5. The molecule has 0 saturated carbocycles. The van der Waals surface area contributed by atoms with Crippen LogP contribution in [0.4, 0.5) is 0 Å². The molecule has 22 heavy (non-hydrogen) atoms. The molecule has 0 aliphatic rings. The van der Waals surface area contributed by atoms with E-state index in [1.54, 1.807) is 30.3 Å². The lowest BCUT2D eigenvalue weighted by Gasteiger charge is -2.06. The second-order valence-corrected chi connectivity index (χ2v) is 4.93. The highest BCUT2D eigenvalue weighted by molar-refractivity contribution is 6.38. The molecular formula is C17H13ClO4. The van der Waals surface area contributed by atoms with Gasteiger partial charge < -0.3 is 9.84 Å². The number of halogens is 1. The van der Waals surface area contributed by atoms with E-state index in [9.17, 15) is 9.59 Å². The molecule has 2 rings (SSSR count). The van der Waals surface area contributed by atoms with E-state index in [1.807, 2.05) is 18.2 Å². The van der Waals surface area contributed by atoms with Gasteiger partial charge in [0.2, 0.25) is 0 Å². The Labute approximate surface area is 132 Å². The van der Waals surface area contributed by atoms with Crippen LogP contribution in [0.1, 0.15) is 11.1 Å². The smallest absolute Gasteiger partial charge is 0.376 e. The molecule has 2 aromatic carbocycles. The summed E-state index contributed by atoms with van der Waals surface area (Å²) in [6.07, 6.45) is 2.46. The van der Waals surface area contributed by atoms with Crippen molar-refractivity contribution in [3.8, 4) is 5.75 Å². The molecular weight excluding hydrogens is 304 g/mol. The van der Waals surface area contributed by atoms with Gasteiger partial charge in [0, 0.05) is 5.02 Å². The van der Waals surface area contributed by atoms with Crippen LogP contribution in [-0.4, -0.2) is 16.9 Å². The standard InChI is InChI=1S/C17H13ClO4/c18-14-3-1-2-13(10-14)11-22-15-7-4-12(5-8-15)6-9-16(19)17(20)21/h1-10H,11H2,(H,20,21)/b9-6+. The van der Waals surface area contributed by atoms with Crippen molar-refractivity contribution < 1.29 is 19.4 Å². The zero-order valence-corrected chi connectivity index (χ0v) is 12.3. The number of hydrogen-bond donors (Lipinski definition) is 1. The largest absolute Gasteiger partial charge is 0.489 e. The Morgan fingerprint density at radius 2 is 1.86 bits per heavy atom. The monoisotopic (exact) mass is 316 g/mol. The molecule has 0 fully saturated rings. The Hall–Kier alpha value is -2.59. The zero-order chi connectivity index (χ0) is 15.9. The van der Waals surface area contributed by atoms with Crippen LogP contribution in [-0.2, 0) is 16.2 Å². The number of carbonyl (C=O) groups excluding carboxylic acids is 1. The van der Waals surface area contributed by atoms with Gasteiger partial charge in [0.15, 0.2) is 0 Å². The van der Waals surface area contributed by atoms with Crippen molar-refractivity contribution in [2.45, 2.75) is 6.61 Å². The second-order valence-electron chi connectivity index (χ2n) is 4.49. The van der Waals surface area contributed by atoms with Crippen LogP contribution >= 0.6 is 11.6 Å². The predicted molar refractivity (Wildman–Crippen MR) is 83.9 cm³/mol. The second kappa shape index (κ2) is 7.43. The molecule has 5 heteroatoms. The summed E-state index contributed by atoms with van der Waals surface area (Å²) in [4.78, 5) is 21.3. The van der Waals surface area contributed by atoms with Gasteiger partial charge in [-0.3, -0.25) is 4.79 Å². The summed E-state index contributed by atoms with van der Waals surface area (Å²) in [5.41, 5.74) is 1.67. The predicted octanol–water partition coefficient (Wildman–Crippen LogP) is 3.59. The molecule has 0 heterocycles. The summed E-state index contributed by atoms with van der Waals surface area (Å²) in [6.45, 7) is 0.396. The van der Waals surface area contributed by atoms with Crippen LogP contribution in [0.25, 0.3) is 6.08 Å². The van der Waals surface area contributed by atoms with Crippen molar-refractivity contribution in [3.63, 3.8) is 0 Å². The van der Waals surface area contributed by atoms with Gasteiger partial charge in [-0.25, -0.2) is 4.79 Å². The number of ketones is 1. The first-order valence-corrected chi connectivity index (χ1v) is 6.85. The third-order valence-electron chi connectivity index (χ3n) is 2.81. The first-order valence-electron chi connectivity index (χ1n) is 6.47. The number of benzene rings is 2. The lowest BCUT2D eigenvalue weighted by atomic mass is 10.2. The molecule has 0 aromatic heterocycles. The SMILES string of the molecule is O=C(O)C(=O)/C=C/c1ccc(OCc2cccc(Cl)c2)cc1. The third kappa shape index (κ3) is 4.75. The zero-order valence-electron chi connectivity index (χ0n) is 11.5. The van der Waals surface area contributed by atoms with Crippen molar-refractivity contribution in [1.82, 2.24) is 0 Å². The summed E-state index contributed by atoms with van der Waals surface area (Å²) in [7, 11) is 0. The van der Waals surface area contributed by atoms with Crippen molar-refractivity contribution in [2.24, 2.45) is 0 Å². The highest BCUT2D eigenvalue weighted by Gasteiger charge is 2.05. The summed E-state index contributed by atoms with van der Waals surface area (Å²) >= 11 is 5.90. The minimum absolute atomic E-state index is 0.396. The molecule has 0 aliphatic carbocycles. The number of carboxylic acids is 1. The molecule has 0 atom stereocenters. The highest BCUT2D eigenvalue weighted by atomic mass is 35.5. The molecule has 4 nitrogen and oxygen atoms in total. The topological polar surface area (TPSA) is 63.6 Å². The van der Waals surface area contributed by atoms with Crippen molar-refractivity contribution >= 4 is 29.4 Å². The Morgan fingerprint density at radius 3 is 2.50 bits per heavy atom. The maximum Gasteiger partial charge on any atom is 0.376 e. The number of hydrogen-bond acceptors (Lipinski definition) is 3. The van der Waals surface area contributed by atoms with E-state index in [-0.39, 0.29) is 0 Å². The fraction of sp³-hybridized carbons (Fsp3) is 0.0588. The van der Waals surface area contributed by atoms with Crippen LogP contribution in [0.2, 0.25) is 5.02 Å². The normalized spacial score (nSPS) is 10.6. The van der Waals surface area contributed by atoms with E-state index >= 15 is 0 Å². The van der Waals surface area contributed by atoms with Gasteiger partial charge in [0.05, 0.1) is 0 Å². The van der Waals surface area contributed by atoms with Gasteiger partial charge in [0.1, 0.15) is 12.4 Å². The lowest BCUT2D eigenvalue weighted by molar-refractivity contribution is -0.146. The lowest BCUT2D eigenvalue weighted by Crippen LogP contribution is -2.08. The molecule has 0 amide bonds. The van der Waals surface area contributed by atoms with Crippen molar-refractivity contribution in [1.29, 1.82) is 0 Å². The van der Waals surface area contributed by atoms with Gasteiger partial charge in [-0.05, 0) is 41.5 Å². The van der Waals surface area contributed by atoms with Crippen LogP contribution in [0, 0.1) is 0 Å². The van der Waals surface area contributed by atoms with Gasteiger partial charge in [-0.15, -0.1) is 0 Å². The maximum atomic E-state index is 10.9. The van der Waals surface area contributed by atoms with Crippen LogP contribution in [0.3, 0.4) is 0 Å². The Balaban J connectivity index is 1.94. The number of aliphatic carboxylic acids is 1. The van der Waals surface area contributed by atoms with Gasteiger partial charge in [-0.2, -0.15) is 0 Å². The minimum atomic E-state index is -1.47. The van der Waals surface area contributed by atoms with E-state index < -0.39 is 11.8 Å². The summed E-state index contributed by atoms with van der Waals surface area (Å²) in [6, 6.07) is 14.4. The Bertz CT molecular complexity index is 705. The summed E-state index contributed by atoms with van der Waals surface area (Å²) in [5, 5.41) is 9.13. The fourth-order valence-electron chi connectivity index (χ4n) is 1.71. The average molecular weight is 317 g/mol. The summed E-state index contributed by atoms with van der Waals surface area (Å²) < 4.78 is 5.62. The molecule has 2 aromatic rings. The average Bonchev–Trinajstić information content (AvgIpc) is 2.51. The molecule has 0 bridgehead atoms. The molecule has 0 saturated heterocycles. The molecule has 112 valence electrons. The number of rotatable bonds is 6. The Kier molecular flexibility index (Phi) is 5.33. The van der Waals surface area contributed by atoms with Crippen molar-refractivity contribution in [2.75, 3.05) is 0 Å². The number of ether oxygens (including phenoxy) is 1. The van der Waals surface area contributed by atoms with Gasteiger partial charge in [0.25, 0.3) is 5.78 Å². The van der Waals surface area contributed by atoms with Crippen LogP contribution < -0.4 is 4.74 Å². The summed E-state index contributed by atoms with van der Waals surface area (Å²) in [5.74, 6) is -1.76. The van der Waals surface area contributed by atoms with E-state index in [0.29, 0.717) is 22.9 Å². The first kappa shape index (κ1) is 15.8. The molecule has 0 aliphatic heterocycles. The third-order valence-corrected chi connectivity index (χ3v) is 3.05. The Morgan fingerprint density at radius 1 is 1.14 bits per heavy atom. The highest BCUT2D eigenvalue weighted by Crippen LogP contribution is 2.16. The van der Waals surface area contributed by atoms with Crippen molar-refractivity contribution in [3.05, 3.63) is 70.8 Å². The van der Waals surface area contributed by atoms with Gasteiger partial charge >= 0.3 is 5.97 Å². The number of carbonyl (C=O) groups is 2. The fourth-order valence-corrected chi connectivity index (χ4v) is 1.92. The molecule has 0 unspecified atom stereocenters.